The third-order valence-corrected chi connectivity index (χ3v) is 2.77. The van der Waals surface area contributed by atoms with E-state index in [-0.39, 0.29) is 0 Å². The highest BCUT2D eigenvalue weighted by molar-refractivity contribution is 7.17. The first kappa shape index (κ1) is 12.6. The lowest BCUT2D eigenvalue weighted by molar-refractivity contribution is -0.139. The minimum Gasteiger partial charge on any atom is -0.480 e. The third kappa shape index (κ3) is 3.62. The predicted molar refractivity (Wildman–Crippen MR) is 64.5 cm³/mol. The molecule has 0 fully saturated rings. The molecule has 4 N–H and O–H groups in total. The molecule has 1 atom stereocenters. The summed E-state index contributed by atoms with van der Waals surface area (Å²) in [7, 11) is 0. The molecule has 0 spiro atoms. The highest BCUT2D eigenvalue weighted by Crippen LogP contribution is 2.18. The first-order valence-electron chi connectivity index (χ1n) is 4.66. The molecule has 16 heavy (non-hydrogen) atoms. The van der Waals surface area contributed by atoms with E-state index >= 15 is 0 Å². The predicted octanol–water partition coefficient (Wildman–Crippen LogP) is 1.29. The van der Waals surface area contributed by atoms with Crippen LogP contribution in [0.4, 0.5) is 0 Å². The minimum absolute atomic E-state index is 0.505. The monoisotopic (exact) mass is 239 g/mol. The van der Waals surface area contributed by atoms with E-state index in [9.17, 15) is 4.79 Å². The van der Waals surface area contributed by atoms with Gasteiger partial charge in [0.2, 0.25) is 0 Å². The fourth-order valence-electron chi connectivity index (χ4n) is 0.984. The van der Waals surface area contributed by atoms with Crippen molar-refractivity contribution in [3.8, 4) is 0 Å². The topological polar surface area (TPSA) is 83.5 Å². The van der Waals surface area contributed by atoms with E-state index in [0.29, 0.717) is 0 Å². The number of aliphatic hydroxyl groups excluding tert-OH is 1. The number of fused-ring (bicyclic) bond motifs is 1. The summed E-state index contributed by atoms with van der Waals surface area (Å²) in [5.41, 5.74) is 4.77. The first-order valence-corrected chi connectivity index (χ1v) is 5.54. The van der Waals surface area contributed by atoms with Crippen LogP contribution in [-0.4, -0.2) is 28.8 Å². The highest BCUT2D eigenvalue weighted by atomic mass is 32.1. The lowest BCUT2D eigenvalue weighted by atomic mass is 10.3. The molecule has 0 saturated carbocycles. The van der Waals surface area contributed by atoms with Crippen molar-refractivity contribution in [2.75, 3.05) is 6.61 Å². The van der Waals surface area contributed by atoms with Crippen molar-refractivity contribution in [3.05, 3.63) is 35.7 Å². The van der Waals surface area contributed by atoms with Gasteiger partial charge in [-0.25, -0.2) is 0 Å². The standard InChI is InChI=1S/C8H6S.C3H7NO3/c1-2-4-8-7(3-1)5-6-9-8;4-2(1-5)3(6)7/h1-6H;2,5H,1,4H2,(H,6,7). The van der Waals surface area contributed by atoms with Crippen LogP contribution >= 0.6 is 11.3 Å². The summed E-state index contributed by atoms with van der Waals surface area (Å²) in [6, 6.07) is 9.42. The van der Waals surface area contributed by atoms with Crippen LogP contribution in [0.1, 0.15) is 0 Å². The molecule has 0 aliphatic rings. The Morgan fingerprint density at radius 1 is 1.38 bits per heavy atom. The van der Waals surface area contributed by atoms with Gasteiger partial charge in [0.25, 0.3) is 0 Å². The van der Waals surface area contributed by atoms with Gasteiger partial charge in [-0.3, -0.25) is 4.79 Å². The van der Waals surface area contributed by atoms with Crippen LogP contribution < -0.4 is 5.73 Å². The van der Waals surface area contributed by atoms with Gasteiger partial charge in [0.05, 0.1) is 6.61 Å². The Kier molecular flexibility index (Phi) is 4.91. The SMILES string of the molecule is NC(CO)C(=O)O.c1ccc2sccc2c1. The molecule has 0 saturated heterocycles. The molecule has 1 unspecified atom stereocenters. The summed E-state index contributed by atoms with van der Waals surface area (Å²) in [6.07, 6.45) is 0. The molecular weight excluding hydrogens is 226 g/mol. The van der Waals surface area contributed by atoms with Gasteiger partial charge in [-0.15, -0.1) is 11.3 Å². The van der Waals surface area contributed by atoms with Crippen LogP contribution in [0.15, 0.2) is 35.7 Å². The fourth-order valence-corrected chi connectivity index (χ4v) is 1.77. The van der Waals surface area contributed by atoms with E-state index in [1.807, 2.05) is 0 Å². The number of rotatable bonds is 2. The van der Waals surface area contributed by atoms with E-state index in [4.69, 9.17) is 15.9 Å². The molecule has 0 amide bonds. The fraction of sp³-hybridized carbons (Fsp3) is 0.182. The number of carboxylic acids is 1. The van der Waals surface area contributed by atoms with Crippen LogP contribution in [0.2, 0.25) is 0 Å². The molecule has 1 aromatic carbocycles. The summed E-state index contributed by atoms with van der Waals surface area (Å²) in [6.45, 7) is -0.505. The van der Waals surface area contributed by atoms with E-state index < -0.39 is 18.6 Å². The quantitative estimate of drug-likeness (QED) is 0.737. The molecule has 0 aliphatic heterocycles. The molecule has 2 rings (SSSR count). The number of carboxylic acid groups (broad SMARTS) is 1. The number of nitrogens with two attached hydrogens (primary N) is 1. The van der Waals surface area contributed by atoms with Crippen LogP contribution in [0.3, 0.4) is 0 Å². The van der Waals surface area contributed by atoms with Crippen molar-refractivity contribution >= 4 is 27.4 Å². The van der Waals surface area contributed by atoms with Crippen molar-refractivity contribution in [2.45, 2.75) is 6.04 Å². The van der Waals surface area contributed by atoms with Gasteiger partial charge in [0.1, 0.15) is 6.04 Å². The summed E-state index contributed by atoms with van der Waals surface area (Å²) in [5, 5.41) is 19.4. The number of thiophene rings is 1. The van der Waals surface area contributed by atoms with Crippen molar-refractivity contribution < 1.29 is 15.0 Å². The number of carbonyl (C=O) groups is 1. The van der Waals surface area contributed by atoms with Gasteiger partial charge >= 0.3 is 5.97 Å². The normalized spacial score (nSPS) is 11.6. The number of hydrogen-bond acceptors (Lipinski definition) is 4. The number of aliphatic hydroxyl groups is 1. The lowest BCUT2D eigenvalue weighted by Crippen LogP contribution is -2.33. The van der Waals surface area contributed by atoms with E-state index in [1.165, 1.54) is 10.1 Å². The molecule has 0 aliphatic carbocycles. The maximum absolute atomic E-state index is 9.65. The number of hydrogen-bond donors (Lipinski definition) is 3. The summed E-state index contributed by atoms with van der Waals surface area (Å²) >= 11 is 1.79. The maximum Gasteiger partial charge on any atom is 0.322 e. The van der Waals surface area contributed by atoms with Crippen molar-refractivity contribution in [3.63, 3.8) is 0 Å². The minimum atomic E-state index is -1.18. The van der Waals surface area contributed by atoms with Gasteiger partial charge in [-0.05, 0) is 22.9 Å². The van der Waals surface area contributed by atoms with Crippen molar-refractivity contribution in [1.82, 2.24) is 0 Å². The molecule has 1 aromatic heterocycles. The van der Waals surface area contributed by atoms with E-state index in [0.717, 1.165) is 0 Å². The Bertz CT molecular complexity index is 425. The Morgan fingerprint density at radius 2 is 2.06 bits per heavy atom. The van der Waals surface area contributed by atoms with Crippen LogP contribution in [0.25, 0.3) is 10.1 Å². The zero-order valence-corrected chi connectivity index (χ0v) is 9.35. The van der Waals surface area contributed by atoms with Gasteiger partial charge in [-0.1, -0.05) is 18.2 Å². The van der Waals surface area contributed by atoms with E-state index in [2.05, 4.69) is 35.7 Å². The second kappa shape index (κ2) is 6.22. The first-order chi connectivity index (χ1) is 7.65. The van der Waals surface area contributed by atoms with Gasteiger partial charge in [0, 0.05) is 4.70 Å². The van der Waals surface area contributed by atoms with Crippen molar-refractivity contribution in [2.24, 2.45) is 5.73 Å². The molecular formula is C11H13NO3S. The summed E-state index contributed by atoms with van der Waals surface area (Å²) in [4.78, 5) is 9.65. The Balaban J connectivity index is 0.000000168. The largest absolute Gasteiger partial charge is 0.480 e. The average molecular weight is 239 g/mol. The highest BCUT2D eigenvalue weighted by Gasteiger charge is 2.06. The molecule has 2 aromatic rings. The number of benzene rings is 1. The summed E-state index contributed by atoms with van der Waals surface area (Å²) in [5.74, 6) is -1.18. The summed E-state index contributed by atoms with van der Waals surface area (Å²) < 4.78 is 1.37. The smallest absolute Gasteiger partial charge is 0.322 e. The average Bonchev–Trinajstić information content (AvgIpc) is 2.76. The molecule has 86 valence electrons. The molecule has 0 radical (unpaired) electrons. The molecule has 1 heterocycles. The van der Waals surface area contributed by atoms with Crippen molar-refractivity contribution in [1.29, 1.82) is 0 Å². The Morgan fingerprint density at radius 3 is 2.56 bits per heavy atom. The molecule has 0 bridgehead atoms. The number of aliphatic carboxylic acids is 1. The lowest BCUT2D eigenvalue weighted by Gasteiger charge is -1.96. The van der Waals surface area contributed by atoms with E-state index in [1.54, 1.807) is 11.3 Å². The molecule has 5 heteroatoms. The molecule has 4 nitrogen and oxygen atoms in total. The van der Waals surface area contributed by atoms with Gasteiger partial charge in [-0.2, -0.15) is 0 Å². The second-order valence-corrected chi connectivity index (χ2v) is 4.03. The second-order valence-electron chi connectivity index (χ2n) is 3.09. The Labute approximate surface area is 96.9 Å². The van der Waals surface area contributed by atoms with Gasteiger partial charge in [0.15, 0.2) is 0 Å². The third-order valence-electron chi connectivity index (χ3n) is 1.88. The van der Waals surface area contributed by atoms with Crippen LogP contribution in [-0.2, 0) is 4.79 Å². The van der Waals surface area contributed by atoms with Crippen LogP contribution in [0.5, 0.6) is 0 Å². The van der Waals surface area contributed by atoms with Gasteiger partial charge < -0.3 is 15.9 Å². The maximum atomic E-state index is 9.65. The Hall–Kier alpha value is -1.43. The zero-order valence-electron chi connectivity index (χ0n) is 8.54. The van der Waals surface area contributed by atoms with Crippen LogP contribution in [0, 0.1) is 0 Å². The zero-order chi connectivity index (χ0) is 12.0.